The molecule has 6 nitrogen and oxygen atoms in total. The number of nitro groups is 1. The molecular weight excluding hydrogens is 296 g/mol. The van der Waals surface area contributed by atoms with Crippen LogP contribution >= 0.6 is 0 Å². The molecule has 0 aromatic heterocycles. The lowest BCUT2D eigenvalue weighted by Gasteiger charge is -2.08. The zero-order valence-electron chi connectivity index (χ0n) is 13.3. The van der Waals surface area contributed by atoms with Crippen LogP contribution < -0.4 is 9.47 Å². The molecule has 0 saturated heterocycles. The molecule has 0 aliphatic heterocycles. The number of nitro benzene ring substituents is 1. The predicted molar refractivity (Wildman–Crippen MR) is 89.3 cm³/mol. The summed E-state index contributed by atoms with van der Waals surface area (Å²) in [6.07, 6.45) is 2.32. The molecule has 2 aromatic rings. The summed E-state index contributed by atoms with van der Waals surface area (Å²) in [6.45, 7) is 2.03. The average Bonchev–Trinajstić information content (AvgIpc) is 2.59. The van der Waals surface area contributed by atoms with Crippen LogP contribution in [0.4, 0.5) is 11.4 Å². The van der Waals surface area contributed by atoms with E-state index in [-0.39, 0.29) is 5.69 Å². The molecule has 0 N–H and O–H groups in total. The van der Waals surface area contributed by atoms with Crippen LogP contribution in [0.5, 0.6) is 11.5 Å². The van der Waals surface area contributed by atoms with Gasteiger partial charge in [-0.15, -0.1) is 0 Å². The summed E-state index contributed by atoms with van der Waals surface area (Å²) in [5, 5.41) is 11.3. The predicted octanol–water partition coefficient (Wildman–Crippen LogP) is 3.93. The molecule has 0 aliphatic rings. The van der Waals surface area contributed by atoms with Gasteiger partial charge in [0.15, 0.2) is 11.5 Å². The Morgan fingerprint density at radius 2 is 1.83 bits per heavy atom. The number of benzene rings is 2. The monoisotopic (exact) mass is 314 g/mol. The van der Waals surface area contributed by atoms with E-state index < -0.39 is 4.92 Å². The highest BCUT2D eigenvalue weighted by Gasteiger charge is 2.18. The van der Waals surface area contributed by atoms with Crippen molar-refractivity contribution in [3.05, 3.63) is 57.6 Å². The molecule has 0 aliphatic carbocycles. The van der Waals surface area contributed by atoms with Crippen molar-refractivity contribution >= 4 is 17.6 Å². The fourth-order valence-electron chi connectivity index (χ4n) is 2.22. The molecule has 0 fully saturated rings. The molecule has 0 radical (unpaired) electrons. The van der Waals surface area contributed by atoms with E-state index in [9.17, 15) is 10.1 Å². The minimum Gasteiger partial charge on any atom is -0.493 e. The molecule has 6 heteroatoms. The van der Waals surface area contributed by atoms with Gasteiger partial charge in [0.05, 0.1) is 36.5 Å². The first kappa shape index (κ1) is 16.5. The molecule has 0 unspecified atom stereocenters. The van der Waals surface area contributed by atoms with Gasteiger partial charge in [-0.1, -0.05) is 25.1 Å². The van der Waals surface area contributed by atoms with Gasteiger partial charge in [-0.25, -0.2) is 0 Å². The largest absolute Gasteiger partial charge is 0.493 e. The van der Waals surface area contributed by atoms with Crippen LogP contribution in [0.2, 0.25) is 0 Å². The van der Waals surface area contributed by atoms with Crippen molar-refractivity contribution in [3.63, 3.8) is 0 Å². The second kappa shape index (κ2) is 7.40. The van der Waals surface area contributed by atoms with Crippen LogP contribution in [0.15, 0.2) is 41.4 Å². The number of rotatable bonds is 6. The van der Waals surface area contributed by atoms with E-state index >= 15 is 0 Å². The Morgan fingerprint density at radius 3 is 2.43 bits per heavy atom. The smallest absolute Gasteiger partial charge is 0.282 e. The van der Waals surface area contributed by atoms with E-state index in [1.54, 1.807) is 6.07 Å². The van der Waals surface area contributed by atoms with E-state index in [1.165, 1.54) is 26.5 Å². The highest BCUT2D eigenvalue weighted by Crippen LogP contribution is 2.34. The Balaban J connectivity index is 2.49. The summed E-state index contributed by atoms with van der Waals surface area (Å²) >= 11 is 0. The molecule has 2 rings (SSSR count). The van der Waals surface area contributed by atoms with Crippen LogP contribution in [0.3, 0.4) is 0 Å². The maximum absolute atomic E-state index is 11.3. The summed E-state index contributed by atoms with van der Waals surface area (Å²) in [6, 6.07) is 10.6. The number of aryl methyl sites for hydroxylation is 1. The molecular formula is C17H18N2O4. The number of aliphatic imine (C=N–C) groups is 1. The zero-order valence-corrected chi connectivity index (χ0v) is 13.3. The van der Waals surface area contributed by atoms with Crippen molar-refractivity contribution < 1.29 is 14.4 Å². The molecule has 120 valence electrons. The van der Waals surface area contributed by atoms with Gasteiger partial charge in [-0.2, -0.15) is 0 Å². The maximum Gasteiger partial charge on any atom is 0.282 e. The van der Waals surface area contributed by atoms with Crippen molar-refractivity contribution in [1.82, 2.24) is 0 Å². The molecule has 0 bridgehead atoms. The molecule has 0 amide bonds. The van der Waals surface area contributed by atoms with E-state index in [4.69, 9.17) is 9.47 Å². The highest BCUT2D eigenvalue weighted by atomic mass is 16.6. The molecule has 0 atom stereocenters. The van der Waals surface area contributed by atoms with Crippen molar-refractivity contribution in [2.24, 2.45) is 4.99 Å². The Hall–Kier alpha value is -2.89. The summed E-state index contributed by atoms with van der Waals surface area (Å²) in [5.74, 6) is 0.730. The summed E-state index contributed by atoms with van der Waals surface area (Å²) in [5.41, 5.74) is 2.14. The van der Waals surface area contributed by atoms with Crippen molar-refractivity contribution in [2.45, 2.75) is 13.3 Å². The van der Waals surface area contributed by atoms with E-state index in [0.717, 1.165) is 17.7 Å². The van der Waals surface area contributed by atoms with E-state index in [0.29, 0.717) is 17.1 Å². The number of para-hydroxylation sites is 1. The van der Waals surface area contributed by atoms with Crippen LogP contribution in [0, 0.1) is 10.1 Å². The Kier molecular flexibility index (Phi) is 5.30. The number of methoxy groups -OCH3 is 2. The third kappa shape index (κ3) is 3.66. The first-order valence-electron chi connectivity index (χ1n) is 7.13. The van der Waals surface area contributed by atoms with Gasteiger partial charge in [0.25, 0.3) is 5.69 Å². The van der Waals surface area contributed by atoms with Gasteiger partial charge in [0.1, 0.15) is 0 Å². The average molecular weight is 314 g/mol. The van der Waals surface area contributed by atoms with Gasteiger partial charge >= 0.3 is 0 Å². The number of nitrogens with zero attached hydrogens (tertiary/aromatic N) is 2. The van der Waals surface area contributed by atoms with Crippen molar-refractivity contribution in [3.8, 4) is 11.5 Å². The fourth-order valence-corrected chi connectivity index (χ4v) is 2.22. The maximum atomic E-state index is 11.3. The quantitative estimate of drug-likeness (QED) is 0.460. The van der Waals surface area contributed by atoms with Gasteiger partial charge in [-0.3, -0.25) is 15.1 Å². The number of hydrogen-bond donors (Lipinski definition) is 0. The first-order valence-corrected chi connectivity index (χ1v) is 7.13. The van der Waals surface area contributed by atoms with Crippen LogP contribution in [-0.2, 0) is 6.42 Å². The standard InChI is InChI=1S/C17H18N2O4/c1-4-12-7-5-6-8-14(12)18-11-13-9-16(22-2)17(23-3)10-15(13)19(20)21/h5-11H,4H2,1-3H3. The molecule has 2 aromatic carbocycles. The van der Waals surface area contributed by atoms with E-state index in [1.807, 2.05) is 31.2 Å². The third-order valence-electron chi connectivity index (χ3n) is 3.44. The number of hydrogen-bond acceptors (Lipinski definition) is 5. The minimum atomic E-state index is -0.463. The van der Waals surface area contributed by atoms with Gasteiger partial charge < -0.3 is 9.47 Å². The topological polar surface area (TPSA) is 74.0 Å². The first-order chi connectivity index (χ1) is 11.1. The second-order valence-electron chi connectivity index (χ2n) is 4.76. The van der Waals surface area contributed by atoms with Crippen LogP contribution in [-0.4, -0.2) is 25.4 Å². The summed E-state index contributed by atoms with van der Waals surface area (Å²) in [4.78, 5) is 15.2. The lowest BCUT2D eigenvalue weighted by atomic mass is 10.1. The summed E-state index contributed by atoms with van der Waals surface area (Å²) < 4.78 is 10.3. The summed E-state index contributed by atoms with van der Waals surface area (Å²) in [7, 11) is 2.92. The molecule has 0 heterocycles. The Morgan fingerprint density at radius 1 is 1.17 bits per heavy atom. The SMILES string of the molecule is CCc1ccccc1N=Cc1cc(OC)c(OC)cc1[N+](=O)[O-]. The van der Waals surface area contributed by atoms with Gasteiger partial charge in [0.2, 0.25) is 0 Å². The number of ether oxygens (including phenoxy) is 2. The van der Waals surface area contributed by atoms with Gasteiger partial charge in [-0.05, 0) is 24.1 Å². The fraction of sp³-hybridized carbons (Fsp3) is 0.235. The van der Waals surface area contributed by atoms with E-state index in [2.05, 4.69) is 4.99 Å². The normalized spacial score (nSPS) is 10.7. The molecule has 23 heavy (non-hydrogen) atoms. The van der Waals surface area contributed by atoms with Crippen molar-refractivity contribution in [2.75, 3.05) is 14.2 Å². The van der Waals surface area contributed by atoms with Gasteiger partial charge in [0, 0.05) is 6.21 Å². The lowest BCUT2D eigenvalue weighted by molar-refractivity contribution is -0.385. The minimum absolute atomic E-state index is 0.0830. The molecule has 0 spiro atoms. The lowest BCUT2D eigenvalue weighted by Crippen LogP contribution is -1.98. The van der Waals surface area contributed by atoms with Crippen LogP contribution in [0.1, 0.15) is 18.1 Å². The second-order valence-corrected chi connectivity index (χ2v) is 4.76. The Bertz CT molecular complexity index is 741. The van der Waals surface area contributed by atoms with Crippen LogP contribution in [0.25, 0.3) is 0 Å². The third-order valence-corrected chi connectivity index (χ3v) is 3.44. The van der Waals surface area contributed by atoms with Crippen molar-refractivity contribution in [1.29, 1.82) is 0 Å². The zero-order chi connectivity index (χ0) is 16.8. The molecule has 0 saturated carbocycles. The highest BCUT2D eigenvalue weighted by molar-refractivity contribution is 5.88. The Labute approximate surface area is 134 Å².